The van der Waals surface area contributed by atoms with E-state index in [1.54, 1.807) is 12.1 Å². The van der Waals surface area contributed by atoms with Gasteiger partial charge in [-0.15, -0.1) is 0 Å². The highest BCUT2D eigenvalue weighted by atomic mass is 127. The zero-order chi connectivity index (χ0) is 17.3. The molecule has 0 aliphatic rings. The predicted molar refractivity (Wildman–Crippen MR) is 101 cm³/mol. The zero-order valence-electron chi connectivity index (χ0n) is 13.9. The van der Waals surface area contributed by atoms with Crippen LogP contribution in [0.25, 0.3) is 0 Å². The summed E-state index contributed by atoms with van der Waals surface area (Å²) >= 11 is 1.45. The lowest BCUT2D eigenvalue weighted by atomic mass is 10.1. The highest BCUT2D eigenvalue weighted by Crippen LogP contribution is 2.22. The van der Waals surface area contributed by atoms with Crippen molar-refractivity contribution in [3.63, 3.8) is 0 Å². The minimum atomic E-state index is -3.17. The predicted octanol–water partition coefficient (Wildman–Crippen LogP) is 3.79. The SMILES string of the molecule is CCO[Si](CCCc1ccc(S(=O)(=O)I)cc1)(OCC)OCC. The zero-order valence-corrected chi connectivity index (χ0v) is 17.9. The van der Waals surface area contributed by atoms with Crippen molar-refractivity contribution in [2.45, 2.75) is 44.6 Å². The second-order valence-electron chi connectivity index (χ2n) is 4.92. The molecule has 0 bridgehead atoms. The van der Waals surface area contributed by atoms with Gasteiger partial charge in [0.25, 0.3) is 0 Å². The van der Waals surface area contributed by atoms with Crippen molar-refractivity contribution in [3.05, 3.63) is 29.8 Å². The first-order chi connectivity index (χ1) is 10.9. The smallest absolute Gasteiger partial charge is 0.374 e. The Bertz CT molecular complexity index is 545. The average molecular weight is 472 g/mol. The lowest BCUT2D eigenvalue weighted by Gasteiger charge is -2.28. The second kappa shape index (κ2) is 10.1. The molecule has 8 heteroatoms. The maximum absolute atomic E-state index is 11.4. The summed E-state index contributed by atoms with van der Waals surface area (Å²) in [6.07, 6.45) is 1.71. The third-order valence-electron chi connectivity index (χ3n) is 3.25. The fraction of sp³-hybridized carbons (Fsp3) is 0.600. The molecule has 23 heavy (non-hydrogen) atoms. The minimum absolute atomic E-state index is 0.337. The number of benzene rings is 1. The van der Waals surface area contributed by atoms with E-state index >= 15 is 0 Å². The quantitative estimate of drug-likeness (QED) is 0.279. The molecule has 0 aromatic heterocycles. The molecular formula is C15H25IO5SSi. The summed E-state index contributed by atoms with van der Waals surface area (Å²) in [5, 5.41) is 0. The number of aryl methyl sites for hydroxylation is 1. The van der Waals surface area contributed by atoms with Crippen LogP contribution in [0.4, 0.5) is 0 Å². The molecule has 0 spiro atoms. The molecular weight excluding hydrogens is 447 g/mol. The van der Waals surface area contributed by atoms with E-state index in [1.807, 2.05) is 32.9 Å². The van der Waals surface area contributed by atoms with Crippen molar-refractivity contribution in [2.75, 3.05) is 19.8 Å². The Morgan fingerprint density at radius 3 is 1.83 bits per heavy atom. The summed E-state index contributed by atoms with van der Waals surface area (Å²) in [6.45, 7) is 7.58. The fourth-order valence-electron chi connectivity index (χ4n) is 2.33. The third kappa shape index (κ3) is 7.18. The van der Waals surface area contributed by atoms with Crippen molar-refractivity contribution in [1.82, 2.24) is 0 Å². The highest BCUT2D eigenvalue weighted by Gasteiger charge is 2.39. The largest absolute Gasteiger partial charge is 0.500 e. The molecule has 0 saturated heterocycles. The molecule has 1 rings (SSSR count). The van der Waals surface area contributed by atoms with Crippen LogP contribution in [0.5, 0.6) is 0 Å². The van der Waals surface area contributed by atoms with E-state index in [4.69, 9.17) is 13.3 Å². The number of hydrogen-bond donors (Lipinski definition) is 0. The van der Waals surface area contributed by atoms with Crippen molar-refractivity contribution < 1.29 is 21.7 Å². The second-order valence-corrected chi connectivity index (χ2v) is 12.5. The van der Waals surface area contributed by atoms with Crippen LogP contribution in [-0.2, 0) is 26.7 Å². The molecule has 1 aromatic carbocycles. The van der Waals surface area contributed by atoms with E-state index in [0.717, 1.165) is 24.4 Å². The van der Waals surface area contributed by atoms with Crippen molar-refractivity contribution in [3.8, 4) is 0 Å². The standard InChI is InChI=1S/C15H25IO5SSi/c1-4-19-23(20-5-2,21-6-3)13-7-8-14-9-11-15(12-10-14)22(16,17)18/h9-12H,4-8,13H2,1-3H3. The van der Waals surface area contributed by atoms with E-state index in [9.17, 15) is 8.42 Å². The number of halogens is 1. The Morgan fingerprint density at radius 2 is 1.43 bits per heavy atom. The van der Waals surface area contributed by atoms with Crippen LogP contribution in [-0.4, -0.2) is 37.0 Å². The molecule has 0 N–H and O–H groups in total. The third-order valence-corrected chi connectivity index (χ3v) is 8.76. The maximum atomic E-state index is 11.4. The Morgan fingerprint density at radius 1 is 0.957 bits per heavy atom. The molecule has 0 amide bonds. The molecule has 0 fully saturated rings. The average Bonchev–Trinajstić information content (AvgIpc) is 2.48. The molecule has 1 aromatic rings. The van der Waals surface area contributed by atoms with E-state index in [-0.39, 0.29) is 0 Å². The van der Waals surface area contributed by atoms with E-state index in [1.165, 1.54) is 21.2 Å². The van der Waals surface area contributed by atoms with Gasteiger partial charge in [0.2, 0.25) is 7.01 Å². The first kappa shape index (κ1) is 21.0. The van der Waals surface area contributed by atoms with Crippen molar-refractivity contribution >= 4 is 37.0 Å². The van der Waals surface area contributed by atoms with Crippen LogP contribution in [0.15, 0.2) is 29.2 Å². The van der Waals surface area contributed by atoms with Gasteiger partial charge in [0.15, 0.2) is 0 Å². The summed E-state index contributed by atoms with van der Waals surface area (Å²) in [6, 6.07) is 7.77. The van der Waals surface area contributed by atoms with Crippen molar-refractivity contribution in [1.29, 1.82) is 0 Å². The summed E-state index contributed by atoms with van der Waals surface area (Å²) in [7, 11) is -5.76. The molecule has 0 saturated carbocycles. The summed E-state index contributed by atoms with van der Waals surface area (Å²) in [5.74, 6) is 0. The van der Waals surface area contributed by atoms with Crippen LogP contribution in [0.1, 0.15) is 32.8 Å². The van der Waals surface area contributed by atoms with E-state index in [0.29, 0.717) is 24.7 Å². The fourth-order valence-corrected chi connectivity index (χ4v) is 6.28. The molecule has 0 radical (unpaired) electrons. The van der Waals surface area contributed by atoms with Crippen LogP contribution in [0, 0.1) is 0 Å². The van der Waals surface area contributed by atoms with Gasteiger partial charge in [0.1, 0.15) is 0 Å². The lowest BCUT2D eigenvalue weighted by Crippen LogP contribution is -2.46. The van der Waals surface area contributed by atoms with Crippen molar-refractivity contribution in [2.24, 2.45) is 0 Å². The van der Waals surface area contributed by atoms with Gasteiger partial charge in [-0.25, -0.2) is 8.42 Å². The van der Waals surface area contributed by atoms with E-state index in [2.05, 4.69) is 0 Å². The van der Waals surface area contributed by atoms with Crippen LogP contribution >= 0.6 is 21.2 Å². The van der Waals surface area contributed by atoms with Crippen LogP contribution in [0.3, 0.4) is 0 Å². The normalized spacial score (nSPS) is 12.5. The van der Waals surface area contributed by atoms with Gasteiger partial charge < -0.3 is 13.3 Å². The van der Waals surface area contributed by atoms with Gasteiger partial charge in [-0.1, -0.05) is 12.1 Å². The van der Waals surface area contributed by atoms with Gasteiger partial charge in [-0.2, -0.15) is 0 Å². The van der Waals surface area contributed by atoms with Crippen LogP contribution in [0.2, 0.25) is 6.04 Å². The highest BCUT2D eigenvalue weighted by molar-refractivity contribution is 14.2. The molecule has 0 aliphatic heterocycles. The number of rotatable bonds is 11. The first-order valence-corrected chi connectivity index (χ1v) is 13.8. The van der Waals surface area contributed by atoms with Gasteiger partial charge in [0.05, 0.1) is 26.1 Å². The lowest BCUT2D eigenvalue weighted by molar-refractivity contribution is 0.0708. The molecule has 0 aliphatic carbocycles. The molecule has 5 nitrogen and oxygen atoms in total. The topological polar surface area (TPSA) is 61.8 Å². The first-order valence-electron chi connectivity index (χ1n) is 7.82. The maximum Gasteiger partial charge on any atom is 0.500 e. The monoisotopic (exact) mass is 472 g/mol. The Hall–Kier alpha value is -0.00312. The van der Waals surface area contributed by atoms with Gasteiger partial charge in [0, 0.05) is 25.9 Å². The van der Waals surface area contributed by atoms with Crippen LogP contribution < -0.4 is 0 Å². The summed E-state index contributed by atoms with van der Waals surface area (Å²) in [4.78, 5) is 0.337. The van der Waals surface area contributed by atoms with E-state index < -0.39 is 15.8 Å². The molecule has 0 heterocycles. The number of hydrogen-bond acceptors (Lipinski definition) is 5. The van der Waals surface area contributed by atoms with Gasteiger partial charge >= 0.3 is 8.80 Å². The Labute approximate surface area is 152 Å². The Kier molecular flexibility index (Phi) is 9.23. The van der Waals surface area contributed by atoms with Gasteiger partial charge in [-0.3, -0.25) is 0 Å². The molecule has 0 unspecified atom stereocenters. The summed E-state index contributed by atoms with van der Waals surface area (Å²) in [5.41, 5.74) is 1.10. The summed E-state index contributed by atoms with van der Waals surface area (Å²) < 4.78 is 40.4. The van der Waals surface area contributed by atoms with Gasteiger partial charge in [-0.05, 0) is 51.3 Å². The molecule has 0 atom stereocenters. The minimum Gasteiger partial charge on any atom is -0.374 e. The molecule has 132 valence electrons. The Balaban J connectivity index is 2.65.